The smallest absolute Gasteiger partial charge is 0.234 e. The normalized spacial score (nSPS) is 30.6. The van der Waals surface area contributed by atoms with Gasteiger partial charge in [0.15, 0.2) is 0 Å². The Labute approximate surface area is 222 Å². The molecule has 9 nitrogen and oxygen atoms in total. The van der Waals surface area contributed by atoms with Gasteiger partial charge in [-0.05, 0) is 81.5 Å². The SMILES string of the molecule is NC(=O)[C@H]1CCCN1CC1CC(n2cc(-c3cccc(OCC45CCC(CC4)O5)c3)c3c(N)ncnc32)C1. The molecule has 38 heavy (non-hydrogen) atoms. The largest absolute Gasteiger partial charge is 0.491 e. The number of fused-ring (bicyclic) bond motifs is 3. The summed E-state index contributed by atoms with van der Waals surface area (Å²) in [6, 6.07) is 8.45. The highest BCUT2D eigenvalue weighted by Crippen LogP contribution is 2.45. The summed E-state index contributed by atoms with van der Waals surface area (Å²) in [7, 11) is 0. The van der Waals surface area contributed by atoms with Crippen molar-refractivity contribution in [1.82, 2.24) is 19.4 Å². The minimum atomic E-state index is -0.194. The first-order valence-corrected chi connectivity index (χ1v) is 14.0. The molecule has 2 aromatic heterocycles. The van der Waals surface area contributed by atoms with Crippen LogP contribution in [0.25, 0.3) is 22.2 Å². The second-order valence-corrected chi connectivity index (χ2v) is 11.8. The predicted octanol–water partition coefficient (Wildman–Crippen LogP) is 3.67. The van der Waals surface area contributed by atoms with Crippen LogP contribution in [0.4, 0.5) is 5.82 Å². The Morgan fingerprint density at radius 3 is 2.79 bits per heavy atom. The van der Waals surface area contributed by atoms with Crippen molar-refractivity contribution in [2.24, 2.45) is 11.7 Å². The molecule has 0 unspecified atom stereocenters. The molecule has 9 heteroatoms. The quantitative estimate of drug-likeness (QED) is 0.468. The topological polar surface area (TPSA) is 122 Å². The van der Waals surface area contributed by atoms with E-state index in [-0.39, 0.29) is 17.6 Å². The fourth-order valence-corrected chi connectivity index (χ4v) is 7.23. The van der Waals surface area contributed by atoms with Gasteiger partial charge in [-0.25, -0.2) is 9.97 Å². The van der Waals surface area contributed by atoms with E-state index in [9.17, 15) is 4.79 Å². The molecule has 2 bridgehead atoms. The van der Waals surface area contributed by atoms with Crippen molar-refractivity contribution in [3.05, 3.63) is 36.8 Å². The Bertz CT molecular complexity index is 1360. The Hall–Kier alpha value is -3.17. The van der Waals surface area contributed by atoms with Crippen molar-refractivity contribution >= 4 is 22.8 Å². The molecule has 1 saturated carbocycles. The molecule has 5 heterocycles. The number of hydrogen-bond acceptors (Lipinski definition) is 7. The molecular formula is C29H36N6O3. The monoisotopic (exact) mass is 516 g/mol. The maximum atomic E-state index is 11.8. The van der Waals surface area contributed by atoms with Crippen LogP contribution in [0.15, 0.2) is 36.8 Å². The highest BCUT2D eigenvalue weighted by atomic mass is 16.6. The molecule has 3 aromatic rings. The molecule has 1 amide bonds. The molecule has 200 valence electrons. The number of ether oxygens (including phenoxy) is 2. The van der Waals surface area contributed by atoms with Crippen LogP contribution < -0.4 is 16.2 Å². The van der Waals surface area contributed by atoms with Crippen LogP contribution >= 0.6 is 0 Å². The summed E-state index contributed by atoms with van der Waals surface area (Å²) >= 11 is 0. The van der Waals surface area contributed by atoms with Gasteiger partial charge in [0.1, 0.15) is 35.7 Å². The Morgan fingerprint density at radius 2 is 2.03 bits per heavy atom. The highest BCUT2D eigenvalue weighted by molar-refractivity contribution is 6.00. The number of nitrogens with zero attached hydrogens (tertiary/aromatic N) is 4. The van der Waals surface area contributed by atoms with Gasteiger partial charge in [-0.15, -0.1) is 0 Å². The summed E-state index contributed by atoms with van der Waals surface area (Å²) in [4.78, 5) is 23.0. The number of nitrogens with two attached hydrogens (primary N) is 2. The molecule has 1 atom stereocenters. The summed E-state index contributed by atoms with van der Waals surface area (Å²) in [5.74, 6) is 1.68. The van der Waals surface area contributed by atoms with Crippen molar-refractivity contribution in [2.75, 3.05) is 25.4 Å². The lowest BCUT2D eigenvalue weighted by molar-refractivity contribution is -0.122. The second-order valence-electron chi connectivity index (χ2n) is 11.8. The number of likely N-dealkylation sites (tertiary alicyclic amines) is 1. The Morgan fingerprint density at radius 1 is 1.18 bits per heavy atom. The molecular weight excluding hydrogens is 480 g/mol. The molecule has 4 aliphatic rings. The van der Waals surface area contributed by atoms with Crippen LogP contribution in [-0.2, 0) is 9.53 Å². The molecule has 1 aromatic carbocycles. The number of aromatic nitrogens is 3. The number of benzene rings is 1. The van der Waals surface area contributed by atoms with E-state index in [1.165, 1.54) is 0 Å². The predicted molar refractivity (Wildman–Crippen MR) is 144 cm³/mol. The third-order valence-electron chi connectivity index (χ3n) is 9.34. The van der Waals surface area contributed by atoms with Crippen LogP contribution in [0, 0.1) is 5.92 Å². The van der Waals surface area contributed by atoms with Gasteiger partial charge >= 0.3 is 0 Å². The van der Waals surface area contributed by atoms with Gasteiger partial charge in [0, 0.05) is 24.3 Å². The Kier molecular flexibility index (Phi) is 5.81. The number of amides is 1. The summed E-state index contributed by atoms with van der Waals surface area (Å²) < 4.78 is 14.7. The van der Waals surface area contributed by atoms with Gasteiger partial charge in [-0.1, -0.05) is 12.1 Å². The third-order valence-corrected chi connectivity index (χ3v) is 9.34. The molecule has 4 fully saturated rings. The van der Waals surface area contributed by atoms with Gasteiger partial charge in [-0.3, -0.25) is 9.69 Å². The molecule has 1 aliphatic carbocycles. The maximum absolute atomic E-state index is 11.8. The summed E-state index contributed by atoms with van der Waals surface area (Å²) in [6.45, 7) is 2.48. The van der Waals surface area contributed by atoms with E-state index >= 15 is 0 Å². The Balaban J connectivity index is 1.10. The van der Waals surface area contributed by atoms with Gasteiger partial charge in [0.05, 0.1) is 17.5 Å². The van der Waals surface area contributed by atoms with Crippen LogP contribution in [-0.4, -0.2) is 62.8 Å². The first-order chi connectivity index (χ1) is 18.5. The van der Waals surface area contributed by atoms with Crippen molar-refractivity contribution in [2.45, 2.75) is 75.2 Å². The average molecular weight is 517 g/mol. The first kappa shape index (κ1) is 23.9. The molecule has 3 aliphatic heterocycles. The van der Waals surface area contributed by atoms with Crippen LogP contribution in [0.3, 0.4) is 0 Å². The summed E-state index contributed by atoms with van der Waals surface area (Å²) in [5.41, 5.74) is 14.9. The van der Waals surface area contributed by atoms with E-state index in [1.54, 1.807) is 6.33 Å². The second kappa shape index (κ2) is 9.24. The van der Waals surface area contributed by atoms with Crippen molar-refractivity contribution in [1.29, 1.82) is 0 Å². The molecule has 0 spiro atoms. The van der Waals surface area contributed by atoms with Gasteiger partial charge < -0.3 is 25.5 Å². The van der Waals surface area contributed by atoms with E-state index in [2.05, 4.69) is 37.8 Å². The number of carbonyl (C=O) groups is 1. The number of hydrogen-bond donors (Lipinski definition) is 2. The number of anilines is 1. The standard InChI is InChI=1S/C29H36N6O3/c30-26-25-23(19-3-1-4-22(13-19)37-16-29-8-6-21(38-29)7-9-29)15-35(28(25)33-17-32-26)20-11-18(12-20)14-34-10-2-5-24(34)27(31)36/h1,3-4,13,15,17-18,20-21,24H,2,5-12,14,16H2,(H2,31,36)(H2,30,32,33)/t18?,20?,21?,24-,29?/m1/s1. The maximum Gasteiger partial charge on any atom is 0.234 e. The minimum Gasteiger partial charge on any atom is -0.491 e. The van der Waals surface area contributed by atoms with Crippen LogP contribution in [0.5, 0.6) is 5.75 Å². The molecule has 3 saturated heterocycles. The van der Waals surface area contributed by atoms with Crippen molar-refractivity contribution < 1.29 is 14.3 Å². The number of nitrogen functional groups attached to an aromatic ring is 1. The van der Waals surface area contributed by atoms with E-state index in [1.807, 2.05) is 12.1 Å². The minimum absolute atomic E-state index is 0.106. The third kappa shape index (κ3) is 4.12. The molecule has 0 radical (unpaired) electrons. The zero-order valence-corrected chi connectivity index (χ0v) is 21.7. The summed E-state index contributed by atoms with van der Waals surface area (Å²) in [5, 5.41) is 0.887. The van der Waals surface area contributed by atoms with Gasteiger partial charge in [-0.2, -0.15) is 0 Å². The van der Waals surface area contributed by atoms with E-state index in [4.69, 9.17) is 20.9 Å². The van der Waals surface area contributed by atoms with Crippen LogP contribution in [0.1, 0.15) is 57.4 Å². The van der Waals surface area contributed by atoms with Crippen LogP contribution in [0.2, 0.25) is 0 Å². The van der Waals surface area contributed by atoms with Gasteiger partial charge in [0.2, 0.25) is 5.91 Å². The van der Waals surface area contributed by atoms with Crippen molar-refractivity contribution in [3.8, 4) is 16.9 Å². The fraction of sp³-hybridized carbons (Fsp3) is 0.552. The highest BCUT2D eigenvalue weighted by Gasteiger charge is 2.46. The zero-order chi connectivity index (χ0) is 25.9. The average Bonchev–Trinajstić information content (AvgIpc) is 3.68. The lowest BCUT2D eigenvalue weighted by atomic mass is 9.79. The fourth-order valence-electron chi connectivity index (χ4n) is 7.23. The van der Waals surface area contributed by atoms with E-state index in [0.29, 0.717) is 30.5 Å². The molecule has 7 rings (SSSR count). The van der Waals surface area contributed by atoms with Gasteiger partial charge in [0.25, 0.3) is 0 Å². The first-order valence-electron chi connectivity index (χ1n) is 14.0. The summed E-state index contributed by atoms with van der Waals surface area (Å²) in [6.07, 6.45) is 12.6. The number of rotatable bonds is 8. The zero-order valence-electron chi connectivity index (χ0n) is 21.7. The lowest BCUT2D eigenvalue weighted by Crippen LogP contribution is -2.44. The van der Waals surface area contributed by atoms with E-state index < -0.39 is 0 Å². The number of primary amides is 1. The lowest BCUT2D eigenvalue weighted by Gasteiger charge is -2.39. The molecule has 4 N–H and O–H groups in total. The number of carbonyl (C=O) groups excluding carboxylic acids is 1. The van der Waals surface area contributed by atoms with Crippen molar-refractivity contribution in [3.63, 3.8) is 0 Å². The van der Waals surface area contributed by atoms with E-state index in [0.717, 1.165) is 92.4 Å².